The second kappa shape index (κ2) is 10.7. The van der Waals surface area contributed by atoms with E-state index in [0.717, 1.165) is 46.5 Å². The van der Waals surface area contributed by atoms with E-state index in [1.54, 1.807) is 24.1 Å². The van der Waals surface area contributed by atoms with Crippen LogP contribution in [-0.2, 0) is 22.4 Å². The number of rotatable bonds is 7. The van der Waals surface area contributed by atoms with Crippen LogP contribution in [0.1, 0.15) is 42.5 Å². The maximum Gasteiger partial charge on any atom is 0.513 e. The van der Waals surface area contributed by atoms with E-state index in [1.807, 2.05) is 45.9 Å². The third kappa shape index (κ3) is 6.05. The second-order valence-corrected chi connectivity index (χ2v) is 8.99. The summed E-state index contributed by atoms with van der Waals surface area (Å²) in [5.41, 5.74) is 11.2. The van der Waals surface area contributed by atoms with Crippen molar-refractivity contribution in [1.82, 2.24) is 0 Å². The van der Waals surface area contributed by atoms with E-state index in [2.05, 4.69) is 0 Å². The molecule has 0 spiro atoms. The fraction of sp³-hybridized carbons (Fsp3) is 0.462. The van der Waals surface area contributed by atoms with Gasteiger partial charge in [-0.1, -0.05) is 13.8 Å². The van der Waals surface area contributed by atoms with Crippen molar-refractivity contribution in [3.8, 4) is 11.5 Å². The fourth-order valence-corrected chi connectivity index (χ4v) is 4.13. The van der Waals surface area contributed by atoms with Gasteiger partial charge in [0.2, 0.25) is 5.91 Å². The molecule has 33 heavy (non-hydrogen) atoms. The van der Waals surface area contributed by atoms with Gasteiger partial charge in [-0.2, -0.15) is 0 Å². The lowest BCUT2D eigenvalue weighted by atomic mass is 9.94. The third-order valence-corrected chi connectivity index (χ3v) is 5.82. The van der Waals surface area contributed by atoms with Gasteiger partial charge in [-0.05, 0) is 91.6 Å². The molecular formula is C26H34N2O5. The summed E-state index contributed by atoms with van der Waals surface area (Å²) in [6.07, 6.45) is 1.47. The molecule has 0 aromatic heterocycles. The minimum atomic E-state index is -0.720. The number of nitrogens with zero attached hydrogens (tertiary/aromatic N) is 1. The number of amides is 1. The minimum absolute atomic E-state index is 0.0995. The van der Waals surface area contributed by atoms with Crippen LogP contribution in [0, 0.1) is 19.8 Å². The molecule has 0 aliphatic carbocycles. The van der Waals surface area contributed by atoms with Crippen LogP contribution >= 0.6 is 0 Å². The number of carbonyl (C=O) groups excluding carboxylic acids is 2. The van der Waals surface area contributed by atoms with Crippen molar-refractivity contribution in [2.75, 3.05) is 25.2 Å². The maximum absolute atomic E-state index is 13.3. The highest BCUT2D eigenvalue weighted by Crippen LogP contribution is 2.31. The molecule has 0 fully saturated rings. The van der Waals surface area contributed by atoms with E-state index in [-0.39, 0.29) is 11.8 Å². The fourth-order valence-electron chi connectivity index (χ4n) is 4.13. The average molecular weight is 455 g/mol. The summed E-state index contributed by atoms with van der Waals surface area (Å²) in [5.74, 6) is 1.34. The number of fused-ring (bicyclic) bond motifs is 1. The summed E-state index contributed by atoms with van der Waals surface area (Å²) in [6, 6.07) is 8.66. The Kier molecular flexibility index (Phi) is 7.97. The number of aryl methyl sites for hydroxylation is 3. The van der Waals surface area contributed by atoms with Gasteiger partial charge in [0, 0.05) is 12.2 Å². The Morgan fingerprint density at radius 3 is 2.42 bits per heavy atom. The van der Waals surface area contributed by atoms with Crippen molar-refractivity contribution in [2.45, 2.75) is 53.0 Å². The molecule has 0 radical (unpaired) electrons. The largest absolute Gasteiger partial charge is 0.513 e. The van der Waals surface area contributed by atoms with Gasteiger partial charge < -0.3 is 24.8 Å². The molecule has 0 saturated heterocycles. The zero-order valence-electron chi connectivity index (χ0n) is 20.1. The minimum Gasteiger partial charge on any atom is -0.497 e. The Morgan fingerprint density at radius 2 is 1.79 bits per heavy atom. The molecule has 1 aliphatic heterocycles. The van der Waals surface area contributed by atoms with Crippen LogP contribution in [0.2, 0.25) is 0 Å². The van der Waals surface area contributed by atoms with Gasteiger partial charge >= 0.3 is 6.16 Å². The lowest BCUT2D eigenvalue weighted by Gasteiger charge is -2.32. The molecule has 2 aromatic rings. The summed E-state index contributed by atoms with van der Waals surface area (Å²) in [5, 5.41) is 0. The summed E-state index contributed by atoms with van der Waals surface area (Å²) in [4.78, 5) is 26.9. The van der Waals surface area contributed by atoms with Crippen molar-refractivity contribution in [3.05, 3.63) is 52.6 Å². The highest BCUT2D eigenvalue weighted by atomic mass is 16.7. The average Bonchev–Trinajstić information content (AvgIpc) is 2.78. The van der Waals surface area contributed by atoms with E-state index in [0.29, 0.717) is 25.3 Å². The predicted octanol–water partition coefficient (Wildman–Crippen LogP) is 4.33. The quantitative estimate of drug-likeness (QED) is 0.495. The molecule has 1 amide bonds. The number of anilines is 1. The summed E-state index contributed by atoms with van der Waals surface area (Å²) >= 11 is 0. The zero-order chi connectivity index (χ0) is 24.1. The number of methoxy groups -OCH3 is 1. The Bertz CT molecular complexity index is 995. The highest BCUT2D eigenvalue weighted by Gasteiger charge is 2.28. The van der Waals surface area contributed by atoms with Crippen molar-refractivity contribution >= 4 is 17.7 Å². The van der Waals surface area contributed by atoms with Crippen LogP contribution in [0.4, 0.5) is 10.5 Å². The normalized spacial score (nSPS) is 14.0. The number of hydrogen-bond donors (Lipinski definition) is 1. The van der Waals surface area contributed by atoms with Gasteiger partial charge in [-0.3, -0.25) is 4.79 Å². The van der Waals surface area contributed by atoms with Gasteiger partial charge in [0.25, 0.3) is 0 Å². The van der Waals surface area contributed by atoms with Crippen LogP contribution in [-0.4, -0.2) is 38.4 Å². The first-order valence-corrected chi connectivity index (χ1v) is 11.4. The van der Waals surface area contributed by atoms with Crippen molar-refractivity contribution in [2.24, 2.45) is 11.7 Å². The van der Waals surface area contributed by atoms with Gasteiger partial charge in [0.05, 0.1) is 19.8 Å². The number of ether oxygens (including phenoxy) is 3. The van der Waals surface area contributed by atoms with E-state index < -0.39 is 12.2 Å². The Balaban J connectivity index is 1.71. The van der Waals surface area contributed by atoms with Crippen LogP contribution in [0.15, 0.2) is 30.3 Å². The van der Waals surface area contributed by atoms with Crippen molar-refractivity contribution in [3.63, 3.8) is 0 Å². The molecular weight excluding hydrogens is 420 g/mol. The van der Waals surface area contributed by atoms with E-state index in [4.69, 9.17) is 19.9 Å². The summed E-state index contributed by atoms with van der Waals surface area (Å²) in [6.45, 7) is 8.72. The Morgan fingerprint density at radius 1 is 1.09 bits per heavy atom. The summed E-state index contributed by atoms with van der Waals surface area (Å²) < 4.78 is 15.7. The number of hydrogen-bond acceptors (Lipinski definition) is 6. The highest BCUT2D eigenvalue weighted by molar-refractivity contribution is 5.98. The standard InChI is InChI=1S/C26H34N2O5/c1-16(2)15-32-26(30)33-21-11-17(3)22(18(4)12-21)14-23(27)25(29)28-10-6-7-19-13-20(31-5)8-9-24(19)28/h8-9,11-13,16,23H,6-7,10,14-15,27H2,1-5H3/t23-/m0/s1. The first-order chi connectivity index (χ1) is 15.7. The van der Waals surface area contributed by atoms with Gasteiger partial charge in [-0.15, -0.1) is 0 Å². The Hall–Kier alpha value is -3.06. The topological polar surface area (TPSA) is 91.1 Å². The molecule has 178 valence electrons. The third-order valence-electron chi connectivity index (χ3n) is 5.82. The molecule has 1 atom stereocenters. The number of carbonyl (C=O) groups is 2. The van der Waals surface area contributed by atoms with Crippen LogP contribution < -0.4 is 20.1 Å². The lowest BCUT2D eigenvalue weighted by molar-refractivity contribution is -0.119. The number of nitrogens with two attached hydrogens (primary N) is 1. The summed E-state index contributed by atoms with van der Waals surface area (Å²) in [7, 11) is 1.64. The first kappa shape index (κ1) is 24.6. The molecule has 1 heterocycles. The molecule has 0 saturated carbocycles. The SMILES string of the molecule is COc1ccc2c(c1)CCCN2C(=O)[C@@H](N)Cc1c(C)cc(OC(=O)OCC(C)C)cc1C. The molecule has 1 aliphatic rings. The second-order valence-electron chi connectivity index (χ2n) is 8.99. The molecule has 2 aromatic carbocycles. The Labute approximate surface area is 195 Å². The maximum atomic E-state index is 13.3. The molecule has 0 unspecified atom stereocenters. The van der Waals surface area contributed by atoms with E-state index in [1.165, 1.54) is 0 Å². The lowest BCUT2D eigenvalue weighted by Crippen LogP contribution is -2.47. The van der Waals surface area contributed by atoms with Crippen LogP contribution in [0.25, 0.3) is 0 Å². The van der Waals surface area contributed by atoms with Crippen LogP contribution in [0.3, 0.4) is 0 Å². The molecule has 0 bridgehead atoms. The molecule has 2 N–H and O–H groups in total. The first-order valence-electron chi connectivity index (χ1n) is 11.4. The van der Waals surface area contributed by atoms with Crippen molar-refractivity contribution < 1.29 is 23.8 Å². The van der Waals surface area contributed by atoms with Crippen molar-refractivity contribution in [1.29, 1.82) is 0 Å². The number of benzene rings is 2. The van der Waals surface area contributed by atoms with Crippen LogP contribution in [0.5, 0.6) is 11.5 Å². The predicted molar refractivity (Wildman–Crippen MR) is 128 cm³/mol. The van der Waals surface area contributed by atoms with Gasteiger partial charge in [-0.25, -0.2) is 4.79 Å². The molecule has 7 heteroatoms. The zero-order valence-corrected chi connectivity index (χ0v) is 20.1. The van der Waals surface area contributed by atoms with Gasteiger partial charge in [0.15, 0.2) is 0 Å². The molecule has 7 nitrogen and oxygen atoms in total. The van der Waals surface area contributed by atoms with E-state index >= 15 is 0 Å². The molecule has 3 rings (SSSR count). The smallest absolute Gasteiger partial charge is 0.497 e. The van der Waals surface area contributed by atoms with E-state index in [9.17, 15) is 9.59 Å². The van der Waals surface area contributed by atoms with Gasteiger partial charge in [0.1, 0.15) is 11.5 Å². The monoisotopic (exact) mass is 454 g/mol.